The van der Waals surface area contributed by atoms with Crippen molar-refractivity contribution in [3.63, 3.8) is 0 Å². The second-order valence-corrected chi connectivity index (χ2v) is 8.16. The number of aromatic nitrogens is 2. The van der Waals surface area contributed by atoms with Gasteiger partial charge in [-0.2, -0.15) is 5.10 Å². The van der Waals surface area contributed by atoms with E-state index in [1.54, 1.807) is 0 Å². The lowest BCUT2D eigenvalue weighted by molar-refractivity contribution is 0.200. The zero-order valence-electron chi connectivity index (χ0n) is 14.3. The average molecular weight is 355 g/mol. The molecule has 3 nitrogen and oxygen atoms in total. The lowest BCUT2D eigenvalue weighted by Crippen LogP contribution is -2.34. The zero-order chi connectivity index (χ0) is 17.2. The second kappa shape index (κ2) is 7.10. The SMILES string of the molecule is Cc1ccc(CN2CCCC(c3[nH]ncc3-c3ccc(F)cc3)C2)s1. The summed E-state index contributed by atoms with van der Waals surface area (Å²) in [6.07, 6.45) is 4.22. The summed E-state index contributed by atoms with van der Waals surface area (Å²) in [5, 5.41) is 7.48. The molecule has 1 atom stereocenters. The Balaban J connectivity index is 1.52. The minimum absolute atomic E-state index is 0.205. The van der Waals surface area contributed by atoms with Crippen molar-refractivity contribution in [1.29, 1.82) is 0 Å². The number of aryl methyl sites for hydroxylation is 1. The van der Waals surface area contributed by atoms with Gasteiger partial charge in [0.05, 0.1) is 6.20 Å². The quantitative estimate of drug-likeness (QED) is 0.717. The van der Waals surface area contributed by atoms with Crippen LogP contribution in [0.25, 0.3) is 11.1 Å². The Morgan fingerprint density at radius 2 is 2.08 bits per heavy atom. The van der Waals surface area contributed by atoms with Gasteiger partial charge in [0.25, 0.3) is 0 Å². The van der Waals surface area contributed by atoms with Crippen molar-refractivity contribution in [2.24, 2.45) is 0 Å². The van der Waals surface area contributed by atoms with Crippen LogP contribution in [0.5, 0.6) is 0 Å². The van der Waals surface area contributed by atoms with Crippen LogP contribution in [-0.2, 0) is 6.54 Å². The third-order valence-electron chi connectivity index (χ3n) is 4.91. The number of likely N-dealkylation sites (tertiary alicyclic amines) is 1. The van der Waals surface area contributed by atoms with Crippen LogP contribution in [0.2, 0.25) is 0 Å². The van der Waals surface area contributed by atoms with Gasteiger partial charge in [0, 0.05) is 40.0 Å². The number of nitrogens with one attached hydrogen (secondary N) is 1. The highest BCUT2D eigenvalue weighted by Gasteiger charge is 2.25. The van der Waals surface area contributed by atoms with E-state index in [-0.39, 0.29) is 5.82 Å². The number of thiophene rings is 1. The van der Waals surface area contributed by atoms with E-state index in [0.29, 0.717) is 5.92 Å². The molecule has 5 heteroatoms. The fraction of sp³-hybridized carbons (Fsp3) is 0.350. The van der Waals surface area contributed by atoms with Crippen molar-refractivity contribution in [1.82, 2.24) is 15.1 Å². The van der Waals surface area contributed by atoms with Crippen molar-refractivity contribution in [3.05, 3.63) is 63.9 Å². The Morgan fingerprint density at radius 3 is 2.84 bits per heavy atom. The molecule has 3 heterocycles. The van der Waals surface area contributed by atoms with Crippen LogP contribution >= 0.6 is 11.3 Å². The van der Waals surface area contributed by atoms with Gasteiger partial charge in [-0.1, -0.05) is 12.1 Å². The highest BCUT2D eigenvalue weighted by Crippen LogP contribution is 2.33. The summed E-state index contributed by atoms with van der Waals surface area (Å²) in [4.78, 5) is 5.34. The molecular weight excluding hydrogens is 333 g/mol. The molecule has 1 aliphatic rings. The molecule has 1 aliphatic heterocycles. The van der Waals surface area contributed by atoms with E-state index < -0.39 is 0 Å². The number of H-pyrrole nitrogens is 1. The third-order valence-corrected chi connectivity index (χ3v) is 5.90. The predicted octanol–water partition coefficient (Wildman–Crippen LogP) is 4.97. The summed E-state index contributed by atoms with van der Waals surface area (Å²) < 4.78 is 13.2. The van der Waals surface area contributed by atoms with Crippen LogP contribution in [0.3, 0.4) is 0 Å². The van der Waals surface area contributed by atoms with Crippen LogP contribution in [0, 0.1) is 12.7 Å². The number of aromatic amines is 1. The molecule has 130 valence electrons. The van der Waals surface area contributed by atoms with Gasteiger partial charge in [0.1, 0.15) is 5.82 Å². The number of halogens is 1. The van der Waals surface area contributed by atoms with E-state index in [0.717, 1.165) is 37.2 Å². The molecule has 0 amide bonds. The standard InChI is InChI=1S/C20H22FN3S/c1-14-4-9-18(25-14)13-24-10-2-3-16(12-24)20-19(11-22-23-20)15-5-7-17(21)8-6-15/h4-9,11,16H,2-3,10,12-13H2,1H3,(H,22,23). The van der Waals surface area contributed by atoms with Crippen molar-refractivity contribution < 1.29 is 4.39 Å². The van der Waals surface area contributed by atoms with Gasteiger partial charge in [0.2, 0.25) is 0 Å². The fourth-order valence-corrected chi connectivity index (χ4v) is 4.62. The van der Waals surface area contributed by atoms with Crippen LogP contribution in [0.15, 0.2) is 42.6 Å². The number of benzene rings is 1. The van der Waals surface area contributed by atoms with Gasteiger partial charge in [-0.15, -0.1) is 11.3 Å². The molecule has 2 aromatic heterocycles. The van der Waals surface area contributed by atoms with Gasteiger partial charge in [-0.3, -0.25) is 10.00 Å². The molecule has 1 N–H and O–H groups in total. The molecule has 0 radical (unpaired) electrons. The summed E-state index contributed by atoms with van der Waals surface area (Å²) in [5.41, 5.74) is 3.30. The molecule has 1 aromatic carbocycles. The van der Waals surface area contributed by atoms with Crippen LogP contribution in [0.1, 0.15) is 34.2 Å². The van der Waals surface area contributed by atoms with E-state index in [1.165, 1.54) is 34.0 Å². The normalized spacial score (nSPS) is 18.6. The van der Waals surface area contributed by atoms with Crippen LogP contribution in [0.4, 0.5) is 4.39 Å². The molecule has 1 unspecified atom stereocenters. The summed E-state index contributed by atoms with van der Waals surface area (Å²) in [5.74, 6) is 0.237. The number of hydrogen-bond acceptors (Lipinski definition) is 3. The Bertz CT molecular complexity index is 837. The average Bonchev–Trinajstić information content (AvgIpc) is 3.25. The molecule has 3 aromatic rings. The topological polar surface area (TPSA) is 31.9 Å². The van der Waals surface area contributed by atoms with Crippen LogP contribution < -0.4 is 0 Å². The first kappa shape index (κ1) is 16.5. The molecule has 25 heavy (non-hydrogen) atoms. The number of nitrogens with zero attached hydrogens (tertiary/aromatic N) is 2. The first-order chi connectivity index (χ1) is 12.2. The number of rotatable bonds is 4. The van der Waals surface area contributed by atoms with E-state index in [9.17, 15) is 4.39 Å². The molecule has 1 saturated heterocycles. The van der Waals surface area contributed by atoms with Gasteiger partial charge in [-0.05, 0) is 56.1 Å². The molecule has 1 fully saturated rings. The third kappa shape index (κ3) is 3.67. The molecule has 0 aliphatic carbocycles. The minimum Gasteiger partial charge on any atom is -0.298 e. The Hall–Kier alpha value is -1.98. The van der Waals surface area contributed by atoms with Crippen molar-refractivity contribution >= 4 is 11.3 Å². The lowest BCUT2D eigenvalue weighted by Gasteiger charge is -2.32. The lowest BCUT2D eigenvalue weighted by atomic mass is 9.90. The predicted molar refractivity (Wildman–Crippen MR) is 100 cm³/mol. The summed E-state index contributed by atoms with van der Waals surface area (Å²) in [6, 6.07) is 11.1. The summed E-state index contributed by atoms with van der Waals surface area (Å²) in [7, 11) is 0. The largest absolute Gasteiger partial charge is 0.298 e. The molecular formula is C20H22FN3S. The van der Waals surface area contributed by atoms with Crippen molar-refractivity contribution in [3.8, 4) is 11.1 Å². The zero-order valence-corrected chi connectivity index (χ0v) is 15.2. The summed E-state index contributed by atoms with van der Waals surface area (Å²) in [6.45, 7) is 5.36. The maximum absolute atomic E-state index is 13.2. The molecule has 0 bridgehead atoms. The van der Waals surface area contributed by atoms with Crippen molar-refractivity contribution in [2.75, 3.05) is 13.1 Å². The Kier molecular flexibility index (Phi) is 4.68. The molecule has 0 spiro atoms. The molecule has 0 saturated carbocycles. The Morgan fingerprint density at radius 1 is 1.24 bits per heavy atom. The van der Waals surface area contributed by atoms with Gasteiger partial charge >= 0.3 is 0 Å². The van der Waals surface area contributed by atoms with Gasteiger partial charge < -0.3 is 0 Å². The number of piperidine rings is 1. The van der Waals surface area contributed by atoms with E-state index in [4.69, 9.17) is 0 Å². The van der Waals surface area contributed by atoms with Crippen LogP contribution in [-0.4, -0.2) is 28.2 Å². The highest BCUT2D eigenvalue weighted by atomic mass is 32.1. The van der Waals surface area contributed by atoms with Gasteiger partial charge in [0.15, 0.2) is 0 Å². The van der Waals surface area contributed by atoms with E-state index in [1.807, 2.05) is 29.7 Å². The minimum atomic E-state index is -0.205. The number of hydrogen-bond donors (Lipinski definition) is 1. The Labute approximate surface area is 151 Å². The maximum Gasteiger partial charge on any atom is 0.123 e. The maximum atomic E-state index is 13.2. The monoisotopic (exact) mass is 355 g/mol. The molecule has 4 rings (SSSR count). The first-order valence-electron chi connectivity index (χ1n) is 8.76. The van der Waals surface area contributed by atoms with Gasteiger partial charge in [-0.25, -0.2) is 4.39 Å². The van der Waals surface area contributed by atoms with Crippen molar-refractivity contribution in [2.45, 2.75) is 32.2 Å². The smallest absolute Gasteiger partial charge is 0.123 e. The summed E-state index contributed by atoms with van der Waals surface area (Å²) >= 11 is 1.88. The first-order valence-corrected chi connectivity index (χ1v) is 9.57. The van der Waals surface area contributed by atoms with E-state index in [2.05, 4.69) is 34.2 Å². The van der Waals surface area contributed by atoms with E-state index >= 15 is 0 Å². The second-order valence-electron chi connectivity index (χ2n) is 6.79. The fourth-order valence-electron chi connectivity index (χ4n) is 3.69. The highest BCUT2D eigenvalue weighted by molar-refractivity contribution is 7.11.